The van der Waals surface area contributed by atoms with E-state index >= 15 is 0 Å². The van der Waals surface area contributed by atoms with Gasteiger partial charge in [-0.1, -0.05) is 18.9 Å². The van der Waals surface area contributed by atoms with Crippen molar-refractivity contribution in [1.29, 1.82) is 0 Å². The Balaban J connectivity index is 1.51. The van der Waals surface area contributed by atoms with Crippen molar-refractivity contribution in [1.82, 2.24) is 19.4 Å². The van der Waals surface area contributed by atoms with E-state index < -0.39 is 0 Å². The molecular formula is C20H26N4O. The van der Waals surface area contributed by atoms with Gasteiger partial charge in [-0.3, -0.25) is 9.36 Å². The fourth-order valence-electron chi connectivity index (χ4n) is 4.27. The molecule has 25 heavy (non-hydrogen) atoms. The SMILES string of the molecule is Cc1nccn1-c1cccc([C@H]2CCCN(C(=O)C3CCCC3)C2)n1. The minimum Gasteiger partial charge on any atom is -0.342 e. The molecule has 2 aliphatic rings. The fraction of sp³-hybridized carbons (Fsp3) is 0.550. The van der Waals surface area contributed by atoms with Gasteiger partial charge in [0, 0.05) is 43.0 Å². The number of aryl methyl sites for hydroxylation is 1. The minimum absolute atomic E-state index is 0.270. The molecule has 0 N–H and O–H groups in total. The molecule has 4 rings (SSSR count). The van der Waals surface area contributed by atoms with Crippen LogP contribution in [0.2, 0.25) is 0 Å². The number of nitrogens with zero attached hydrogens (tertiary/aromatic N) is 4. The smallest absolute Gasteiger partial charge is 0.225 e. The van der Waals surface area contributed by atoms with Crippen molar-refractivity contribution in [2.45, 2.75) is 51.4 Å². The molecule has 3 heterocycles. The number of hydrogen-bond acceptors (Lipinski definition) is 3. The summed E-state index contributed by atoms with van der Waals surface area (Å²) in [6.07, 6.45) is 10.5. The average molecular weight is 338 g/mol. The predicted molar refractivity (Wildman–Crippen MR) is 96.6 cm³/mol. The maximum atomic E-state index is 12.8. The summed E-state index contributed by atoms with van der Waals surface area (Å²) in [4.78, 5) is 24.0. The zero-order valence-electron chi connectivity index (χ0n) is 14.9. The van der Waals surface area contributed by atoms with Gasteiger partial charge in [0.25, 0.3) is 0 Å². The third kappa shape index (κ3) is 3.32. The Bertz CT molecular complexity index is 748. The van der Waals surface area contributed by atoms with Crippen LogP contribution >= 0.6 is 0 Å². The molecule has 1 saturated heterocycles. The van der Waals surface area contributed by atoms with Crippen LogP contribution in [-0.4, -0.2) is 38.4 Å². The normalized spacial score (nSPS) is 21.6. The monoisotopic (exact) mass is 338 g/mol. The number of rotatable bonds is 3. The predicted octanol–water partition coefficient (Wildman–Crippen LogP) is 3.47. The van der Waals surface area contributed by atoms with E-state index in [1.54, 1.807) is 6.20 Å². The minimum atomic E-state index is 0.270. The second-order valence-corrected chi connectivity index (χ2v) is 7.37. The van der Waals surface area contributed by atoms with Gasteiger partial charge in [-0.15, -0.1) is 0 Å². The highest BCUT2D eigenvalue weighted by atomic mass is 16.2. The van der Waals surface area contributed by atoms with Crippen LogP contribution in [0.4, 0.5) is 0 Å². The molecule has 1 aliphatic carbocycles. The van der Waals surface area contributed by atoms with Gasteiger partial charge < -0.3 is 4.90 Å². The van der Waals surface area contributed by atoms with Gasteiger partial charge in [0.15, 0.2) is 0 Å². The van der Waals surface area contributed by atoms with Gasteiger partial charge in [-0.2, -0.15) is 0 Å². The number of amides is 1. The molecule has 2 aromatic heterocycles. The number of hydrogen-bond donors (Lipinski definition) is 0. The number of imidazole rings is 1. The summed E-state index contributed by atoms with van der Waals surface area (Å²) in [6, 6.07) is 6.18. The topological polar surface area (TPSA) is 51.0 Å². The van der Waals surface area contributed by atoms with Crippen molar-refractivity contribution >= 4 is 5.91 Å². The van der Waals surface area contributed by atoms with Crippen LogP contribution in [0.15, 0.2) is 30.6 Å². The molecule has 1 saturated carbocycles. The zero-order chi connectivity index (χ0) is 17.2. The molecule has 5 heteroatoms. The molecule has 132 valence electrons. The Morgan fingerprint density at radius 3 is 2.76 bits per heavy atom. The van der Waals surface area contributed by atoms with E-state index in [1.807, 2.05) is 23.8 Å². The number of aromatic nitrogens is 3. The molecule has 1 amide bonds. The maximum Gasteiger partial charge on any atom is 0.225 e. The molecule has 1 atom stereocenters. The van der Waals surface area contributed by atoms with Gasteiger partial charge >= 0.3 is 0 Å². The van der Waals surface area contributed by atoms with Crippen LogP contribution in [0.5, 0.6) is 0 Å². The number of carbonyl (C=O) groups is 1. The van der Waals surface area contributed by atoms with Crippen molar-refractivity contribution in [2.75, 3.05) is 13.1 Å². The van der Waals surface area contributed by atoms with Gasteiger partial charge in [0.2, 0.25) is 5.91 Å². The molecule has 1 aliphatic heterocycles. The largest absolute Gasteiger partial charge is 0.342 e. The number of carbonyl (C=O) groups excluding carboxylic acids is 1. The highest BCUT2D eigenvalue weighted by molar-refractivity contribution is 5.79. The van der Waals surface area contributed by atoms with E-state index in [-0.39, 0.29) is 5.92 Å². The lowest BCUT2D eigenvalue weighted by atomic mass is 9.93. The van der Waals surface area contributed by atoms with E-state index in [1.165, 1.54) is 12.8 Å². The van der Waals surface area contributed by atoms with Crippen LogP contribution in [0, 0.1) is 12.8 Å². The van der Waals surface area contributed by atoms with Crippen LogP contribution in [0.1, 0.15) is 56.0 Å². The van der Waals surface area contributed by atoms with Crippen molar-refractivity contribution in [2.24, 2.45) is 5.92 Å². The molecule has 0 unspecified atom stereocenters. The van der Waals surface area contributed by atoms with Gasteiger partial charge in [0.05, 0.1) is 0 Å². The van der Waals surface area contributed by atoms with Crippen molar-refractivity contribution in [3.63, 3.8) is 0 Å². The van der Waals surface area contributed by atoms with Crippen molar-refractivity contribution < 1.29 is 4.79 Å². The quantitative estimate of drug-likeness (QED) is 0.861. The number of likely N-dealkylation sites (tertiary alicyclic amines) is 1. The molecule has 0 radical (unpaired) electrons. The maximum absolute atomic E-state index is 12.8. The molecule has 2 aromatic rings. The van der Waals surface area contributed by atoms with E-state index in [0.29, 0.717) is 11.8 Å². The Hall–Kier alpha value is -2.17. The number of pyridine rings is 1. The fourth-order valence-corrected chi connectivity index (χ4v) is 4.27. The first-order chi connectivity index (χ1) is 12.2. The summed E-state index contributed by atoms with van der Waals surface area (Å²) in [5.74, 6) is 2.83. The summed E-state index contributed by atoms with van der Waals surface area (Å²) < 4.78 is 2.01. The Morgan fingerprint density at radius 2 is 2.00 bits per heavy atom. The molecule has 0 bridgehead atoms. The third-order valence-electron chi connectivity index (χ3n) is 5.68. The highest BCUT2D eigenvalue weighted by Gasteiger charge is 2.31. The van der Waals surface area contributed by atoms with Crippen molar-refractivity contribution in [3.05, 3.63) is 42.1 Å². The molecule has 5 nitrogen and oxygen atoms in total. The van der Waals surface area contributed by atoms with Gasteiger partial charge in [0.1, 0.15) is 11.6 Å². The van der Waals surface area contributed by atoms with Crippen LogP contribution in [0.3, 0.4) is 0 Å². The lowest BCUT2D eigenvalue weighted by Gasteiger charge is -2.34. The molecule has 0 aromatic carbocycles. The van der Waals surface area contributed by atoms with Crippen LogP contribution < -0.4 is 0 Å². The molecule has 2 fully saturated rings. The second kappa shape index (κ2) is 6.98. The Kier molecular flexibility index (Phi) is 4.55. The van der Waals surface area contributed by atoms with Crippen molar-refractivity contribution in [3.8, 4) is 5.82 Å². The first kappa shape index (κ1) is 16.3. The third-order valence-corrected chi connectivity index (χ3v) is 5.68. The molecular weight excluding hydrogens is 312 g/mol. The van der Waals surface area contributed by atoms with Crippen LogP contribution in [0.25, 0.3) is 5.82 Å². The second-order valence-electron chi connectivity index (χ2n) is 7.37. The summed E-state index contributed by atoms with van der Waals surface area (Å²) in [5, 5.41) is 0. The lowest BCUT2D eigenvalue weighted by Crippen LogP contribution is -2.42. The molecule has 0 spiro atoms. The summed E-state index contributed by atoms with van der Waals surface area (Å²) >= 11 is 0. The summed E-state index contributed by atoms with van der Waals surface area (Å²) in [7, 11) is 0. The highest BCUT2D eigenvalue weighted by Crippen LogP contribution is 2.31. The Morgan fingerprint density at radius 1 is 1.16 bits per heavy atom. The Labute approximate surface area is 149 Å². The standard InChI is InChI=1S/C20H26N4O/c1-15-21-11-13-24(15)19-10-4-9-18(22-19)17-8-5-12-23(14-17)20(25)16-6-2-3-7-16/h4,9-11,13,16-17H,2-3,5-8,12,14H2,1H3/t17-/m0/s1. The first-order valence-electron chi connectivity index (χ1n) is 9.48. The summed E-state index contributed by atoms with van der Waals surface area (Å²) in [6.45, 7) is 3.71. The van der Waals surface area contributed by atoms with E-state index in [9.17, 15) is 4.79 Å². The summed E-state index contributed by atoms with van der Waals surface area (Å²) in [5.41, 5.74) is 1.09. The van der Waals surface area contributed by atoms with Gasteiger partial charge in [-0.05, 0) is 44.7 Å². The van der Waals surface area contributed by atoms with E-state index in [4.69, 9.17) is 4.98 Å². The van der Waals surface area contributed by atoms with E-state index in [0.717, 1.165) is 56.1 Å². The average Bonchev–Trinajstić information content (AvgIpc) is 3.33. The lowest BCUT2D eigenvalue weighted by molar-refractivity contribution is -0.136. The van der Waals surface area contributed by atoms with Gasteiger partial charge in [-0.25, -0.2) is 9.97 Å². The van der Waals surface area contributed by atoms with E-state index in [2.05, 4.69) is 22.0 Å². The zero-order valence-corrected chi connectivity index (χ0v) is 14.9. The van der Waals surface area contributed by atoms with Crippen LogP contribution in [-0.2, 0) is 4.79 Å². The first-order valence-corrected chi connectivity index (χ1v) is 9.48. The number of piperidine rings is 1.